The van der Waals surface area contributed by atoms with Gasteiger partial charge in [0.2, 0.25) is 0 Å². The number of nitrogens with one attached hydrogen (secondary N) is 1. The van der Waals surface area contributed by atoms with Crippen molar-refractivity contribution in [1.29, 1.82) is 0 Å². The van der Waals surface area contributed by atoms with Gasteiger partial charge in [0.15, 0.2) is 0 Å². The van der Waals surface area contributed by atoms with Gasteiger partial charge in [-0.3, -0.25) is 4.90 Å². The van der Waals surface area contributed by atoms with Crippen molar-refractivity contribution in [2.45, 2.75) is 59.0 Å². The second-order valence-corrected chi connectivity index (χ2v) is 6.90. The van der Waals surface area contributed by atoms with E-state index < -0.39 is 0 Å². The summed E-state index contributed by atoms with van der Waals surface area (Å²) in [6, 6.07) is 1.51. The lowest BCUT2D eigenvalue weighted by atomic mass is 9.96. The van der Waals surface area contributed by atoms with Crippen LogP contribution < -0.4 is 5.32 Å². The van der Waals surface area contributed by atoms with Crippen LogP contribution in [-0.4, -0.2) is 36.6 Å². The van der Waals surface area contributed by atoms with E-state index in [0.717, 1.165) is 23.8 Å². The number of hydrogen-bond acceptors (Lipinski definition) is 2. The molecule has 1 N–H and O–H groups in total. The quantitative estimate of drug-likeness (QED) is 0.792. The maximum atomic E-state index is 3.66. The van der Waals surface area contributed by atoms with Crippen LogP contribution in [0.5, 0.6) is 0 Å². The second kappa shape index (κ2) is 5.71. The second-order valence-electron chi connectivity index (χ2n) is 6.90. The van der Waals surface area contributed by atoms with Gasteiger partial charge in [-0.25, -0.2) is 0 Å². The Kier molecular flexibility index (Phi) is 4.48. The number of piperazine rings is 1. The van der Waals surface area contributed by atoms with Crippen LogP contribution in [0.2, 0.25) is 0 Å². The summed E-state index contributed by atoms with van der Waals surface area (Å²) in [5.41, 5.74) is 0. The van der Waals surface area contributed by atoms with E-state index in [9.17, 15) is 0 Å². The van der Waals surface area contributed by atoms with Crippen LogP contribution in [0, 0.1) is 17.8 Å². The highest BCUT2D eigenvalue weighted by atomic mass is 15.2. The van der Waals surface area contributed by atoms with Crippen LogP contribution in [0.25, 0.3) is 0 Å². The molecule has 1 aliphatic heterocycles. The molecular formula is C15H30N2. The monoisotopic (exact) mass is 238 g/mol. The Morgan fingerprint density at radius 1 is 1.24 bits per heavy atom. The largest absolute Gasteiger partial charge is 0.311 e. The van der Waals surface area contributed by atoms with Crippen LogP contribution in [-0.2, 0) is 0 Å². The summed E-state index contributed by atoms with van der Waals surface area (Å²) >= 11 is 0. The van der Waals surface area contributed by atoms with Gasteiger partial charge in [0.05, 0.1) is 0 Å². The normalized spacial score (nSPS) is 33.0. The molecule has 0 amide bonds. The van der Waals surface area contributed by atoms with Crippen molar-refractivity contribution in [2.75, 3.05) is 19.6 Å². The molecule has 100 valence electrons. The van der Waals surface area contributed by atoms with Crippen molar-refractivity contribution < 1.29 is 0 Å². The fourth-order valence-electron chi connectivity index (χ4n) is 3.44. The minimum atomic E-state index is 0.677. The Morgan fingerprint density at radius 2 is 1.94 bits per heavy atom. The Morgan fingerprint density at radius 3 is 2.53 bits per heavy atom. The first kappa shape index (κ1) is 13.4. The maximum absolute atomic E-state index is 3.66. The van der Waals surface area contributed by atoms with Crippen molar-refractivity contribution in [3.05, 3.63) is 0 Å². The smallest absolute Gasteiger partial charge is 0.0249 e. The van der Waals surface area contributed by atoms with Crippen molar-refractivity contribution in [3.8, 4) is 0 Å². The van der Waals surface area contributed by atoms with Crippen LogP contribution in [0.1, 0.15) is 47.0 Å². The zero-order valence-corrected chi connectivity index (χ0v) is 12.1. The van der Waals surface area contributed by atoms with E-state index in [1.54, 1.807) is 0 Å². The van der Waals surface area contributed by atoms with E-state index >= 15 is 0 Å². The van der Waals surface area contributed by atoms with Crippen LogP contribution in [0.3, 0.4) is 0 Å². The molecule has 2 fully saturated rings. The summed E-state index contributed by atoms with van der Waals surface area (Å²) in [6.45, 7) is 13.2. The van der Waals surface area contributed by atoms with Gasteiger partial charge in [-0.15, -0.1) is 0 Å². The Balaban J connectivity index is 1.85. The molecule has 0 aromatic carbocycles. The van der Waals surface area contributed by atoms with Crippen molar-refractivity contribution in [2.24, 2.45) is 17.8 Å². The highest BCUT2D eigenvalue weighted by Crippen LogP contribution is 2.36. The van der Waals surface area contributed by atoms with Gasteiger partial charge in [0.1, 0.15) is 0 Å². The summed E-state index contributed by atoms with van der Waals surface area (Å²) in [4.78, 5) is 2.78. The van der Waals surface area contributed by atoms with Gasteiger partial charge < -0.3 is 5.32 Å². The molecule has 0 aromatic heterocycles. The SMILES string of the molecule is CC(C)CC(C)CN1CC(C)NCC1C1CC1. The lowest BCUT2D eigenvalue weighted by Crippen LogP contribution is -2.57. The molecule has 17 heavy (non-hydrogen) atoms. The predicted octanol–water partition coefficient (Wildman–Crippen LogP) is 2.74. The van der Waals surface area contributed by atoms with Crippen LogP contribution >= 0.6 is 0 Å². The molecule has 0 aromatic rings. The van der Waals surface area contributed by atoms with Gasteiger partial charge in [-0.2, -0.15) is 0 Å². The molecule has 2 rings (SSSR count). The molecule has 0 radical (unpaired) electrons. The first-order valence-electron chi connectivity index (χ1n) is 7.53. The lowest BCUT2D eigenvalue weighted by molar-refractivity contribution is 0.0990. The minimum Gasteiger partial charge on any atom is -0.311 e. The molecule has 0 bridgehead atoms. The number of hydrogen-bond donors (Lipinski definition) is 1. The molecule has 1 saturated carbocycles. The first-order valence-corrected chi connectivity index (χ1v) is 7.53. The van der Waals surface area contributed by atoms with Crippen molar-refractivity contribution in [3.63, 3.8) is 0 Å². The third-order valence-electron chi connectivity index (χ3n) is 4.24. The van der Waals surface area contributed by atoms with Crippen molar-refractivity contribution >= 4 is 0 Å². The molecule has 1 heterocycles. The summed E-state index contributed by atoms with van der Waals surface area (Å²) in [5.74, 6) is 2.69. The molecule has 0 spiro atoms. The molecule has 1 saturated heterocycles. The molecule has 3 atom stereocenters. The molecular weight excluding hydrogens is 208 g/mol. The predicted molar refractivity (Wildman–Crippen MR) is 74.2 cm³/mol. The standard InChI is InChI=1S/C15H30N2/c1-11(2)7-12(3)9-17-10-13(4)16-8-15(17)14-5-6-14/h11-16H,5-10H2,1-4H3. The Hall–Kier alpha value is -0.0800. The summed E-state index contributed by atoms with van der Waals surface area (Å²) in [5, 5.41) is 3.66. The highest BCUT2D eigenvalue weighted by molar-refractivity contribution is 4.94. The topological polar surface area (TPSA) is 15.3 Å². The maximum Gasteiger partial charge on any atom is 0.0249 e. The van der Waals surface area contributed by atoms with Gasteiger partial charge in [-0.1, -0.05) is 20.8 Å². The number of nitrogens with zero attached hydrogens (tertiary/aromatic N) is 1. The Bertz CT molecular complexity index is 235. The van der Waals surface area contributed by atoms with Crippen LogP contribution in [0.15, 0.2) is 0 Å². The van der Waals surface area contributed by atoms with E-state index in [1.807, 2.05) is 0 Å². The van der Waals surface area contributed by atoms with Gasteiger partial charge in [0.25, 0.3) is 0 Å². The minimum absolute atomic E-state index is 0.677. The van der Waals surface area contributed by atoms with E-state index in [4.69, 9.17) is 0 Å². The Labute approximate surface area is 107 Å². The molecule has 3 unspecified atom stereocenters. The zero-order valence-electron chi connectivity index (χ0n) is 12.1. The molecule has 2 aliphatic rings. The third kappa shape index (κ3) is 3.96. The van der Waals surface area contributed by atoms with Gasteiger partial charge in [-0.05, 0) is 43.9 Å². The summed E-state index contributed by atoms with van der Waals surface area (Å²) in [7, 11) is 0. The van der Waals surface area contributed by atoms with Gasteiger partial charge in [0, 0.05) is 31.7 Å². The third-order valence-corrected chi connectivity index (χ3v) is 4.24. The highest BCUT2D eigenvalue weighted by Gasteiger charge is 2.38. The molecule has 2 nitrogen and oxygen atoms in total. The van der Waals surface area contributed by atoms with E-state index in [0.29, 0.717) is 6.04 Å². The zero-order chi connectivity index (χ0) is 12.4. The summed E-state index contributed by atoms with van der Waals surface area (Å²) < 4.78 is 0. The van der Waals surface area contributed by atoms with Gasteiger partial charge >= 0.3 is 0 Å². The first-order chi connectivity index (χ1) is 8.06. The molecule has 1 aliphatic carbocycles. The fourth-order valence-corrected chi connectivity index (χ4v) is 3.44. The van der Waals surface area contributed by atoms with E-state index in [-0.39, 0.29) is 0 Å². The van der Waals surface area contributed by atoms with Crippen LogP contribution in [0.4, 0.5) is 0 Å². The average molecular weight is 238 g/mol. The lowest BCUT2D eigenvalue weighted by Gasteiger charge is -2.41. The average Bonchev–Trinajstić information content (AvgIpc) is 2.99. The van der Waals surface area contributed by atoms with E-state index in [1.165, 1.54) is 38.9 Å². The van der Waals surface area contributed by atoms with E-state index in [2.05, 4.69) is 37.9 Å². The summed E-state index contributed by atoms with van der Waals surface area (Å²) in [6.07, 6.45) is 4.31. The number of rotatable bonds is 5. The van der Waals surface area contributed by atoms with Crippen molar-refractivity contribution in [1.82, 2.24) is 10.2 Å². The molecule has 2 heteroatoms. The fraction of sp³-hybridized carbons (Fsp3) is 1.00.